The predicted octanol–water partition coefficient (Wildman–Crippen LogP) is 2.02. The van der Waals surface area contributed by atoms with E-state index in [4.69, 9.17) is 4.74 Å². The van der Waals surface area contributed by atoms with Crippen LogP contribution < -0.4 is 5.32 Å². The Balaban J connectivity index is 2.05. The van der Waals surface area contributed by atoms with Crippen LogP contribution in [0, 0.1) is 5.82 Å². The smallest absolute Gasteiger partial charge is 0.254 e. The third-order valence-electron chi connectivity index (χ3n) is 2.75. The molecule has 1 heterocycles. The Hall–Kier alpha value is -1.07. The van der Waals surface area contributed by atoms with Gasteiger partial charge >= 0.3 is 0 Å². The van der Waals surface area contributed by atoms with Crippen LogP contribution in [0.5, 0.6) is 0 Å². The van der Waals surface area contributed by atoms with Crippen LogP contribution in [0.2, 0.25) is 0 Å². The van der Waals surface area contributed by atoms with E-state index in [0.717, 1.165) is 12.8 Å². The molecule has 1 aromatic carbocycles. The zero-order valence-corrected chi connectivity index (χ0v) is 10.2. The fourth-order valence-corrected chi connectivity index (χ4v) is 2.00. The van der Waals surface area contributed by atoms with Crippen LogP contribution in [0.3, 0.4) is 0 Å². The highest BCUT2D eigenvalue weighted by Crippen LogP contribution is 2.14. The average molecular weight is 255 g/mol. The van der Waals surface area contributed by atoms with Gasteiger partial charge in [0.05, 0.1) is 5.56 Å². The van der Waals surface area contributed by atoms with Gasteiger partial charge in [-0.1, -0.05) is 0 Å². The molecule has 1 saturated heterocycles. The lowest BCUT2D eigenvalue weighted by atomic mass is 10.1. The van der Waals surface area contributed by atoms with E-state index < -0.39 is 5.82 Å². The Morgan fingerprint density at radius 1 is 1.41 bits per heavy atom. The molecule has 92 valence electrons. The summed E-state index contributed by atoms with van der Waals surface area (Å²) < 4.78 is 18.6. The van der Waals surface area contributed by atoms with Gasteiger partial charge in [-0.2, -0.15) is 0 Å². The van der Waals surface area contributed by atoms with Gasteiger partial charge in [0.1, 0.15) is 5.82 Å². The molecule has 5 heteroatoms. The summed E-state index contributed by atoms with van der Waals surface area (Å²) in [4.78, 5) is 12.4. The second-order valence-corrected chi connectivity index (χ2v) is 4.54. The average Bonchev–Trinajstić information content (AvgIpc) is 2.33. The quantitative estimate of drug-likeness (QED) is 0.794. The Morgan fingerprint density at radius 2 is 2.12 bits per heavy atom. The van der Waals surface area contributed by atoms with Crippen molar-refractivity contribution in [3.63, 3.8) is 0 Å². The van der Waals surface area contributed by atoms with Crippen molar-refractivity contribution < 1.29 is 13.9 Å². The fourth-order valence-electron chi connectivity index (χ4n) is 1.79. The first-order valence-electron chi connectivity index (χ1n) is 5.54. The second kappa shape index (κ2) is 5.51. The van der Waals surface area contributed by atoms with Gasteiger partial charge in [-0.25, -0.2) is 4.39 Å². The van der Waals surface area contributed by atoms with Crippen LogP contribution in [0.15, 0.2) is 23.1 Å². The van der Waals surface area contributed by atoms with Crippen molar-refractivity contribution in [2.24, 2.45) is 0 Å². The normalized spacial score (nSPS) is 16.8. The summed E-state index contributed by atoms with van der Waals surface area (Å²) >= 11 is 4.10. The summed E-state index contributed by atoms with van der Waals surface area (Å²) in [5, 5.41) is 2.81. The molecule has 1 aliphatic rings. The molecule has 0 saturated carbocycles. The van der Waals surface area contributed by atoms with E-state index in [1.807, 2.05) is 0 Å². The fraction of sp³-hybridized carbons (Fsp3) is 0.417. The molecular weight excluding hydrogens is 241 g/mol. The zero-order chi connectivity index (χ0) is 12.3. The Morgan fingerprint density at radius 3 is 2.82 bits per heavy atom. The first-order valence-corrected chi connectivity index (χ1v) is 5.98. The van der Waals surface area contributed by atoms with Gasteiger partial charge in [-0.3, -0.25) is 4.79 Å². The van der Waals surface area contributed by atoms with Crippen LogP contribution in [0.25, 0.3) is 0 Å². The minimum absolute atomic E-state index is 0.0454. The first-order chi connectivity index (χ1) is 8.16. The summed E-state index contributed by atoms with van der Waals surface area (Å²) in [5.41, 5.74) is 0.0454. The lowest BCUT2D eigenvalue weighted by Gasteiger charge is -2.23. The molecule has 3 nitrogen and oxygen atoms in total. The van der Waals surface area contributed by atoms with E-state index in [0.29, 0.717) is 18.1 Å². The zero-order valence-electron chi connectivity index (χ0n) is 9.28. The topological polar surface area (TPSA) is 38.3 Å². The number of hydrogen-bond donors (Lipinski definition) is 2. The standard InChI is InChI=1S/C12H14FNO2S/c13-11-2-1-9(17)7-10(11)12(15)14-8-3-5-16-6-4-8/h1-2,7-8,17H,3-6H2,(H,14,15). The number of rotatable bonds is 2. The van der Waals surface area contributed by atoms with E-state index in [2.05, 4.69) is 17.9 Å². The number of ether oxygens (including phenoxy) is 1. The van der Waals surface area contributed by atoms with Gasteiger partial charge in [-0.15, -0.1) is 12.6 Å². The Bertz CT molecular complexity index is 419. The van der Waals surface area contributed by atoms with Gasteiger partial charge < -0.3 is 10.1 Å². The molecular formula is C12H14FNO2S. The summed E-state index contributed by atoms with van der Waals surface area (Å²) in [7, 11) is 0. The molecule has 17 heavy (non-hydrogen) atoms. The Labute approximate surface area is 105 Å². The number of halogens is 1. The Kier molecular flexibility index (Phi) is 4.02. The molecule has 0 bridgehead atoms. The van der Waals surface area contributed by atoms with Gasteiger partial charge in [0.2, 0.25) is 0 Å². The molecule has 0 atom stereocenters. The van der Waals surface area contributed by atoms with Crippen LogP contribution in [-0.4, -0.2) is 25.2 Å². The highest BCUT2D eigenvalue weighted by Gasteiger charge is 2.19. The number of thiol groups is 1. The van der Waals surface area contributed by atoms with Crippen molar-refractivity contribution >= 4 is 18.5 Å². The molecule has 2 rings (SSSR count). The highest BCUT2D eigenvalue weighted by atomic mass is 32.1. The van der Waals surface area contributed by atoms with Crippen LogP contribution in [-0.2, 0) is 4.74 Å². The number of nitrogens with one attached hydrogen (secondary N) is 1. The van der Waals surface area contributed by atoms with Gasteiger partial charge in [0.25, 0.3) is 5.91 Å². The largest absolute Gasteiger partial charge is 0.381 e. The molecule has 1 aliphatic heterocycles. The third-order valence-corrected chi connectivity index (χ3v) is 3.03. The monoisotopic (exact) mass is 255 g/mol. The van der Waals surface area contributed by atoms with Crippen LogP contribution in [0.4, 0.5) is 4.39 Å². The molecule has 1 fully saturated rings. The lowest BCUT2D eigenvalue weighted by molar-refractivity contribution is 0.0694. The SMILES string of the molecule is O=C(NC1CCOCC1)c1cc(S)ccc1F. The van der Waals surface area contributed by atoms with E-state index >= 15 is 0 Å². The number of hydrogen-bond acceptors (Lipinski definition) is 3. The predicted molar refractivity (Wildman–Crippen MR) is 65.0 cm³/mol. The van der Waals surface area contributed by atoms with Crippen LogP contribution in [0.1, 0.15) is 23.2 Å². The molecule has 1 amide bonds. The maximum absolute atomic E-state index is 13.5. The van der Waals surface area contributed by atoms with Crippen molar-refractivity contribution in [1.29, 1.82) is 0 Å². The van der Waals surface area contributed by atoms with E-state index in [1.54, 1.807) is 0 Å². The number of amides is 1. The van der Waals surface area contributed by atoms with Crippen molar-refractivity contribution in [3.05, 3.63) is 29.6 Å². The number of carbonyl (C=O) groups excluding carboxylic acids is 1. The van der Waals surface area contributed by atoms with Gasteiger partial charge in [0.15, 0.2) is 0 Å². The van der Waals surface area contributed by atoms with Crippen molar-refractivity contribution in [2.45, 2.75) is 23.8 Å². The van der Waals surface area contributed by atoms with Crippen molar-refractivity contribution in [3.8, 4) is 0 Å². The second-order valence-electron chi connectivity index (χ2n) is 4.02. The lowest BCUT2D eigenvalue weighted by Crippen LogP contribution is -2.39. The molecule has 0 radical (unpaired) electrons. The third kappa shape index (κ3) is 3.20. The highest BCUT2D eigenvalue weighted by molar-refractivity contribution is 7.80. The van der Waals surface area contributed by atoms with Crippen molar-refractivity contribution in [1.82, 2.24) is 5.32 Å². The molecule has 0 aromatic heterocycles. The van der Waals surface area contributed by atoms with E-state index in [-0.39, 0.29) is 17.5 Å². The number of carbonyl (C=O) groups is 1. The minimum Gasteiger partial charge on any atom is -0.381 e. The first kappa shape index (κ1) is 12.4. The minimum atomic E-state index is -0.521. The summed E-state index contributed by atoms with van der Waals surface area (Å²) in [6, 6.07) is 4.28. The van der Waals surface area contributed by atoms with Crippen LogP contribution >= 0.6 is 12.6 Å². The molecule has 0 aliphatic carbocycles. The maximum Gasteiger partial charge on any atom is 0.254 e. The molecule has 0 unspecified atom stereocenters. The molecule has 1 N–H and O–H groups in total. The summed E-state index contributed by atoms with van der Waals surface area (Å²) in [6.45, 7) is 1.28. The summed E-state index contributed by atoms with van der Waals surface area (Å²) in [6.07, 6.45) is 1.54. The van der Waals surface area contributed by atoms with Gasteiger partial charge in [-0.05, 0) is 31.0 Å². The van der Waals surface area contributed by atoms with Crippen molar-refractivity contribution in [2.75, 3.05) is 13.2 Å². The number of benzene rings is 1. The maximum atomic E-state index is 13.5. The van der Waals surface area contributed by atoms with Gasteiger partial charge in [0, 0.05) is 24.2 Å². The van der Waals surface area contributed by atoms with E-state index in [1.165, 1.54) is 18.2 Å². The summed E-state index contributed by atoms with van der Waals surface area (Å²) in [5.74, 6) is -0.905. The molecule has 1 aromatic rings. The van der Waals surface area contributed by atoms with E-state index in [9.17, 15) is 9.18 Å². The molecule has 0 spiro atoms.